The van der Waals surface area contributed by atoms with E-state index in [1.165, 1.54) is 25.1 Å². The first-order valence-corrected chi connectivity index (χ1v) is 14.3. The third-order valence-corrected chi connectivity index (χ3v) is 7.12. The molecule has 224 valence electrons. The Hall–Kier alpha value is -3.13. The number of nitrogens with two attached hydrogens (primary N) is 2. The van der Waals surface area contributed by atoms with Crippen LogP contribution in [0.15, 0.2) is 60.2 Å². The third kappa shape index (κ3) is 8.68. The molecule has 0 spiro atoms. The highest BCUT2D eigenvalue weighted by Gasteiger charge is 2.51. The number of nitrogen functional groups attached to an aromatic ring is 1. The number of hydrogen-bond donors (Lipinski definition) is 6. The fraction of sp³-hybridized carbons (Fsp3) is 0.407. The minimum Gasteiger partial charge on any atom is -0.459 e. The molecule has 1 aliphatic heterocycles. The monoisotopic (exact) mass is 594 g/mol. The minimum atomic E-state index is -5.24. The lowest BCUT2D eigenvalue weighted by molar-refractivity contribution is -0.227. The van der Waals surface area contributed by atoms with E-state index in [1.54, 1.807) is 43.3 Å². The van der Waals surface area contributed by atoms with Gasteiger partial charge in [0.15, 0.2) is 6.10 Å². The molecule has 13 nitrogen and oxygen atoms in total. The van der Waals surface area contributed by atoms with Gasteiger partial charge in [-0.3, -0.25) is 4.52 Å². The average molecular weight is 595 g/mol. The minimum absolute atomic E-state index is 0.00724. The Bertz CT molecular complexity index is 1280. The van der Waals surface area contributed by atoms with Crippen molar-refractivity contribution >= 4 is 25.4 Å². The number of allylic oxidation sites excluding steroid dienone is 1. The predicted octanol–water partition coefficient (Wildman–Crippen LogP) is 1.14. The van der Waals surface area contributed by atoms with E-state index in [2.05, 4.69) is 0 Å². The van der Waals surface area contributed by atoms with Gasteiger partial charge >= 0.3 is 19.8 Å². The molecule has 8 N–H and O–H groups in total. The maximum Gasteiger partial charge on any atom is 0.470 e. The van der Waals surface area contributed by atoms with Gasteiger partial charge in [0.05, 0.1) is 11.7 Å². The summed E-state index contributed by atoms with van der Waals surface area (Å²) in [6.45, 7) is 2.69. The van der Waals surface area contributed by atoms with Crippen LogP contribution in [-0.2, 0) is 34.5 Å². The summed E-state index contributed by atoms with van der Waals surface area (Å²) in [6.07, 6.45) is -6.90. The summed E-state index contributed by atoms with van der Waals surface area (Å²) in [7, 11) is -5.24. The number of ether oxygens (including phenoxy) is 3. The van der Waals surface area contributed by atoms with Gasteiger partial charge in [0.1, 0.15) is 31.0 Å². The van der Waals surface area contributed by atoms with Gasteiger partial charge in [-0.05, 0) is 37.1 Å². The molecule has 0 aliphatic carbocycles. The molecule has 14 heteroatoms. The Labute approximate surface area is 236 Å². The van der Waals surface area contributed by atoms with E-state index in [9.17, 15) is 34.2 Å². The summed E-state index contributed by atoms with van der Waals surface area (Å²) in [5.41, 5.74) is 13.0. The topological polar surface area (TPSA) is 221 Å². The average Bonchev–Trinajstić information content (AvgIpc) is 2.94. The number of aliphatic hydroxyl groups excluding tert-OH is 2. The van der Waals surface area contributed by atoms with Crippen LogP contribution in [0.5, 0.6) is 0 Å². The molecule has 0 aromatic heterocycles. The SMILES string of the molecule is C/C=C(\C)C(=O)OC[C@H]1O[C@@H](Cc2ccc(C(O)CN)cc2)[C@H](OC(=O)c2ccccc2N)[C@@H](OP(=O)(O)O)[C@@H]1O. The van der Waals surface area contributed by atoms with E-state index in [-0.39, 0.29) is 24.2 Å². The molecule has 1 fully saturated rings. The number of phosphoric ester groups is 1. The lowest BCUT2D eigenvalue weighted by Crippen LogP contribution is -2.61. The fourth-order valence-corrected chi connectivity index (χ4v) is 4.79. The number of benzene rings is 2. The van der Waals surface area contributed by atoms with Crippen LogP contribution in [0.1, 0.15) is 41.4 Å². The number of para-hydroxylation sites is 1. The van der Waals surface area contributed by atoms with Gasteiger partial charge in [0.2, 0.25) is 0 Å². The van der Waals surface area contributed by atoms with Crippen LogP contribution in [0.4, 0.5) is 5.69 Å². The molecular weight excluding hydrogens is 559 g/mol. The van der Waals surface area contributed by atoms with Crippen LogP contribution in [0.3, 0.4) is 0 Å². The highest BCUT2D eigenvalue weighted by Crippen LogP contribution is 2.42. The molecule has 3 rings (SSSR count). The van der Waals surface area contributed by atoms with Crippen LogP contribution in [-0.4, -0.2) is 75.6 Å². The van der Waals surface area contributed by atoms with Crippen molar-refractivity contribution in [1.82, 2.24) is 0 Å². The zero-order valence-electron chi connectivity index (χ0n) is 22.5. The molecule has 41 heavy (non-hydrogen) atoms. The number of hydrogen-bond acceptors (Lipinski definition) is 11. The molecule has 0 amide bonds. The van der Waals surface area contributed by atoms with Crippen molar-refractivity contribution in [2.75, 3.05) is 18.9 Å². The van der Waals surface area contributed by atoms with Crippen molar-refractivity contribution in [3.63, 3.8) is 0 Å². The zero-order valence-corrected chi connectivity index (χ0v) is 23.4. The van der Waals surface area contributed by atoms with Crippen molar-refractivity contribution in [3.05, 3.63) is 76.9 Å². The van der Waals surface area contributed by atoms with Gasteiger partial charge in [-0.2, -0.15) is 0 Å². The standard InChI is InChI=1S/C27H35N2O11P/c1-3-15(2)26(32)37-14-22-23(31)25(40-41(34,35)36)24(39-27(33)18-6-4-5-7-19(18)29)21(38-22)12-16-8-10-17(11-9-16)20(30)13-28/h3-11,20-25,30-31H,12-14,28-29H2,1-2H3,(H2,34,35,36)/b15-3+/t20?,21-,22+,23+,24-,25-/m0/s1. The first kappa shape index (κ1) is 32.4. The maximum atomic E-state index is 13.1. The van der Waals surface area contributed by atoms with Gasteiger partial charge in [0.25, 0.3) is 0 Å². The predicted molar refractivity (Wildman–Crippen MR) is 146 cm³/mol. The molecule has 0 radical (unpaired) electrons. The Morgan fingerprint density at radius 3 is 2.34 bits per heavy atom. The van der Waals surface area contributed by atoms with E-state index in [1.807, 2.05) is 0 Å². The summed E-state index contributed by atoms with van der Waals surface area (Å²) < 4.78 is 33.8. The lowest BCUT2D eigenvalue weighted by atomic mass is 9.91. The molecule has 2 aromatic carbocycles. The molecule has 1 aliphatic rings. The van der Waals surface area contributed by atoms with Crippen LogP contribution >= 0.6 is 7.82 Å². The summed E-state index contributed by atoms with van der Waals surface area (Å²) in [4.78, 5) is 44.6. The number of esters is 2. The smallest absolute Gasteiger partial charge is 0.459 e. The molecule has 2 aromatic rings. The van der Waals surface area contributed by atoms with E-state index in [0.717, 1.165) is 0 Å². The van der Waals surface area contributed by atoms with Gasteiger partial charge in [-0.15, -0.1) is 0 Å². The molecule has 1 unspecified atom stereocenters. The largest absolute Gasteiger partial charge is 0.470 e. The first-order chi connectivity index (χ1) is 19.3. The van der Waals surface area contributed by atoms with E-state index >= 15 is 0 Å². The highest BCUT2D eigenvalue weighted by atomic mass is 31.2. The van der Waals surface area contributed by atoms with Crippen LogP contribution < -0.4 is 11.5 Å². The van der Waals surface area contributed by atoms with Gasteiger partial charge in [-0.25, -0.2) is 14.2 Å². The van der Waals surface area contributed by atoms with Crippen molar-refractivity contribution < 1.29 is 52.9 Å². The van der Waals surface area contributed by atoms with Crippen LogP contribution in [0.2, 0.25) is 0 Å². The molecule has 0 saturated carbocycles. The Kier molecular flexibility index (Phi) is 11.2. The second-order valence-electron chi connectivity index (χ2n) is 9.49. The van der Waals surface area contributed by atoms with Crippen molar-refractivity contribution in [2.24, 2.45) is 5.73 Å². The van der Waals surface area contributed by atoms with Crippen LogP contribution in [0, 0.1) is 0 Å². The Balaban J connectivity index is 1.97. The number of anilines is 1. The maximum absolute atomic E-state index is 13.1. The second kappa shape index (κ2) is 14.2. The van der Waals surface area contributed by atoms with Gasteiger partial charge < -0.3 is 45.7 Å². The number of rotatable bonds is 11. The van der Waals surface area contributed by atoms with E-state index in [0.29, 0.717) is 16.7 Å². The highest BCUT2D eigenvalue weighted by molar-refractivity contribution is 7.46. The van der Waals surface area contributed by atoms with Crippen molar-refractivity contribution in [2.45, 2.75) is 56.9 Å². The van der Waals surface area contributed by atoms with E-state index in [4.69, 9.17) is 30.2 Å². The molecule has 1 saturated heterocycles. The molecule has 6 atom stereocenters. The summed E-state index contributed by atoms with van der Waals surface area (Å²) >= 11 is 0. The van der Waals surface area contributed by atoms with Crippen molar-refractivity contribution in [1.29, 1.82) is 0 Å². The number of phosphoric acid groups is 1. The number of aliphatic hydroxyl groups is 2. The van der Waals surface area contributed by atoms with E-state index < -0.39 is 63.0 Å². The Morgan fingerprint density at radius 2 is 1.76 bits per heavy atom. The lowest BCUT2D eigenvalue weighted by Gasteiger charge is -2.43. The molecule has 0 bridgehead atoms. The quantitative estimate of drug-likeness (QED) is 0.0931. The van der Waals surface area contributed by atoms with Gasteiger partial charge in [0, 0.05) is 24.2 Å². The molecule has 1 heterocycles. The Morgan fingerprint density at radius 1 is 1.10 bits per heavy atom. The number of carbonyl (C=O) groups is 2. The second-order valence-corrected chi connectivity index (χ2v) is 10.7. The normalized spacial score (nSPS) is 24.0. The summed E-state index contributed by atoms with van der Waals surface area (Å²) in [5.74, 6) is -1.63. The summed E-state index contributed by atoms with van der Waals surface area (Å²) in [6, 6.07) is 12.6. The first-order valence-electron chi connectivity index (χ1n) is 12.7. The summed E-state index contributed by atoms with van der Waals surface area (Å²) in [5, 5.41) is 21.1. The number of carbonyl (C=O) groups excluding carboxylic acids is 2. The fourth-order valence-electron chi connectivity index (χ4n) is 4.23. The van der Waals surface area contributed by atoms with Gasteiger partial charge in [-0.1, -0.05) is 42.5 Å². The van der Waals surface area contributed by atoms with Crippen molar-refractivity contribution in [3.8, 4) is 0 Å². The zero-order chi connectivity index (χ0) is 30.3. The third-order valence-electron chi connectivity index (χ3n) is 6.60. The van der Waals surface area contributed by atoms with Crippen LogP contribution in [0.25, 0.3) is 0 Å². The molecular formula is C27H35N2O11P.